The van der Waals surface area contributed by atoms with Gasteiger partial charge in [0, 0.05) is 12.5 Å². The maximum Gasteiger partial charge on any atom is 0.322 e. The van der Waals surface area contributed by atoms with Crippen molar-refractivity contribution in [3.63, 3.8) is 0 Å². The summed E-state index contributed by atoms with van der Waals surface area (Å²) in [5.74, 6) is -2.40. The van der Waals surface area contributed by atoms with E-state index < -0.39 is 35.0 Å². The molecule has 0 unspecified atom stereocenters. The fourth-order valence-corrected chi connectivity index (χ4v) is 3.66. The number of imide groups is 1. The first-order valence-electron chi connectivity index (χ1n) is 7.77. The number of hydrogen-bond donors (Lipinski definition) is 2. The van der Waals surface area contributed by atoms with Crippen molar-refractivity contribution in [1.82, 2.24) is 15.5 Å². The minimum Gasteiger partial charge on any atom is -0.339 e. The molecule has 1 saturated carbocycles. The van der Waals surface area contributed by atoms with Gasteiger partial charge in [0.25, 0.3) is 5.91 Å². The Balaban J connectivity index is 1.46. The number of carbonyl (C=O) groups excluding carboxylic acids is 3. The normalized spacial score (nSPS) is 31.3. The second kappa shape index (κ2) is 4.99. The minimum atomic E-state index is -1.05. The van der Waals surface area contributed by atoms with Crippen LogP contribution in [0.5, 0.6) is 0 Å². The molecule has 24 heavy (non-hydrogen) atoms. The quantitative estimate of drug-likeness (QED) is 0.788. The highest BCUT2D eigenvalue weighted by Gasteiger charge is 2.54. The van der Waals surface area contributed by atoms with Crippen molar-refractivity contribution in [2.75, 3.05) is 13.1 Å². The largest absolute Gasteiger partial charge is 0.339 e. The van der Waals surface area contributed by atoms with Crippen LogP contribution in [0, 0.1) is 17.6 Å². The van der Waals surface area contributed by atoms with Crippen molar-refractivity contribution in [2.45, 2.75) is 24.3 Å². The molecule has 2 heterocycles. The van der Waals surface area contributed by atoms with E-state index in [0.717, 1.165) is 18.2 Å². The Morgan fingerprint density at radius 1 is 1.29 bits per heavy atom. The number of rotatable bonds is 2. The number of amides is 4. The van der Waals surface area contributed by atoms with Crippen molar-refractivity contribution in [3.05, 3.63) is 35.4 Å². The average molecular weight is 335 g/mol. The number of benzene rings is 1. The van der Waals surface area contributed by atoms with Crippen molar-refractivity contribution < 1.29 is 23.2 Å². The van der Waals surface area contributed by atoms with Crippen LogP contribution in [0.1, 0.15) is 24.3 Å². The maximum atomic E-state index is 13.8. The standard InChI is InChI=1S/C16H15F2N3O3/c17-8-1-2-12(18)10(5-8)9-6-11(9)13(22)21-4-3-16(7-21)14(23)19-15(24)20-16/h1-2,5,9,11H,3-4,6-7H2,(H2,19,20,23,24)/t9-,11-,16+/m0/s1. The molecule has 0 bridgehead atoms. The van der Waals surface area contributed by atoms with Crippen molar-refractivity contribution in [3.8, 4) is 0 Å². The van der Waals surface area contributed by atoms with E-state index in [4.69, 9.17) is 0 Å². The van der Waals surface area contributed by atoms with Crippen LogP contribution < -0.4 is 10.6 Å². The van der Waals surface area contributed by atoms with Gasteiger partial charge in [0.05, 0.1) is 6.54 Å². The van der Waals surface area contributed by atoms with Gasteiger partial charge in [0.1, 0.15) is 17.2 Å². The number of urea groups is 1. The van der Waals surface area contributed by atoms with Crippen LogP contribution in [-0.2, 0) is 9.59 Å². The third-order valence-corrected chi connectivity index (χ3v) is 5.06. The summed E-state index contributed by atoms with van der Waals surface area (Å²) < 4.78 is 27.1. The lowest BCUT2D eigenvalue weighted by Crippen LogP contribution is -2.49. The fraction of sp³-hybridized carbons (Fsp3) is 0.438. The number of nitrogens with one attached hydrogen (secondary N) is 2. The van der Waals surface area contributed by atoms with Gasteiger partial charge in [-0.05, 0) is 42.5 Å². The molecule has 6 nitrogen and oxygen atoms in total. The van der Waals surface area contributed by atoms with Gasteiger partial charge >= 0.3 is 6.03 Å². The number of nitrogens with zero attached hydrogens (tertiary/aromatic N) is 1. The van der Waals surface area contributed by atoms with Gasteiger partial charge in [-0.15, -0.1) is 0 Å². The molecule has 8 heteroatoms. The van der Waals surface area contributed by atoms with Gasteiger partial charge in [-0.3, -0.25) is 14.9 Å². The third kappa shape index (κ3) is 2.24. The van der Waals surface area contributed by atoms with Crippen LogP contribution in [0.2, 0.25) is 0 Å². The second-order valence-corrected chi connectivity index (χ2v) is 6.61. The fourth-order valence-electron chi connectivity index (χ4n) is 3.66. The lowest BCUT2D eigenvalue weighted by atomic mass is 9.99. The molecule has 1 aliphatic carbocycles. The molecule has 4 amide bonds. The maximum absolute atomic E-state index is 13.8. The highest BCUT2D eigenvalue weighted by molar-refractivity contribution is 6.07. The molecular weight excluding hydrogens is 320 g/mol. The Bertz CT molecular complexity index is 769. The van der Waals surface area contributed by atoms with E-state index in [9.17, 15) is 23.2 Å². The molecule has 1 spiro atoms. The Kier molecular flexibility index (Phi) is 3.13. The topological polar surface area (TPSA) is 78.5 Å². The SMILES string of the molecule is O=C1NC(=O)[C@]2(CCN(C(=O)[C@H]3C[C@H]3c3cc(F)ccc3F)C2)N1. The molecule has 126 valence electrons. The Hall–Kier alpha value is -2.51. The Morgan fingerprint density at radius 2 is 2.08 bits per heavy atom. The first kappa shape index (κ1) is 15.0. The van der Waals surface area contributed by atoms with E-state index >= 15 is 0 Å². The van der Waals surface area contributed by atoms with E-state index in [1.807, 2.05) is 0 Å². The minimum absolute atomic E-state index is 0.109. The summed E-state index contributed by atoms with van der Waals surface area (Å²) >= 11 is 0. The van der Waals surface area contributed by atoms with Crippen LogP contribution in [-0.4, -0.2) is 41.4 Å². The predicted octanol–water partition coefficient (Wildman–Crippen LogP) is 0.879. The molecular formula is C16H15F2N3O3. The van der Waals surface area contributed by atoms with E-state index in [1.54, 1.807) is 0 Å². The van der Waals surface area contributed by atoms with Crippen LogP contribution in [0.3, 0.4) is 0 Å². The van der Waals surface area contributed by atoms with Crippen LogP contribution in [0.4, 0.5) is 13.6 Å². The summed E-state index contributed by atoms with van der Waals surface area (Å²) in [5, 5.41) is 4.76. The summed E-state index contributed by atoms with van der Waals surface area (Å²) in [7, 11) is 0. The van der Waals surface area contributed by atoms with E-state index in [2.05, 4.69) is 10.6 Å². The summed E-state index contributed by atoms with van der Waals surface area (Å²) in [6.45, 7) is 0.458. The first-order chi connectivity index (χ1) is 11.4. The highest BCUT2D eigenvalue weighted by atomic mass is 19.1. The summed E-state index contributed by atoms with van der Waals surface area (Å²) in [6.07, 6.45) is 0.809. The molecule has 0 radical (unpaired) electrons. The third-order valence-electron chi connectivity index (χ3n) is 5.06. The monoisotopic (exact) mass is 335 g/mol. The molecule has 0 aromatic heterocycles. The highest BCUT2D eigenvalue weighted by Crippen LogP contribution is 2.50. The van der Waals surface area contributed by atoms with E-state index in [-0.39, 0.29) is 23.9 Å². The Labute approximate surface area is 136 Å². The second-order valence-electron chi connectivity index (χ2n) is 6.61. The van der Waals surface area contributed by atoms with Gasteiger partial charge < -0.3 is 10.2 Å². The summed E-state index contributed by atoms with van der Waals surface area (Å²) in [6, 6.07) is 2.68. The van der Waals surface area contributed by atoms with Crippen LogP contribution >= 0.6 is 0 Å². The van der Waals surface area contributed by atoms with Crippen LogP contribution in [0.15, 0.2) is 18.2 Å². The molecule has 3 fully saturated rings. The number of likely N-dealkylation sites (tertiary alicyclic amines) is 1. The average Bonchev–Trinajstić information content (AvgIpc) is 3.13. The zero-order chi connectivity index (χ0) is 17.1. The van der Waals surface area contributed by atoms with Crippen molar-refractivity contribution in [1.29, 1.82) is 0 Å². The molecule has 2 aliphatic heterocycles. The van der Waals surface area contributed by atoms with Crippen molar-refractivity contribution >= 4 is 17.8 Å². The number of hydrogen-bond acceptors (Lipinski definition) is 3. The zero-order valence-corrected chi connectivity index (χ0v) is 12.6. The molecule has 3 aliphatic rings. The first-order valence-corrected chi connectivity index (χ1v) is 7.77. The van der Waals surface area contributed by atoms with Crippen molar-refractivity contribution in [2.24, 2.45) is 5.92 Å². The molecule has 2 N–H and O–H groups in total. The zero-order valence-electron chi connectivity index (χ0n) is 12.6. The number of halogens is 2. The van der Waals surface area contributed by atoms with Gasteiger partial charge in [-0.2, -0.15) is 0 Å². The lowest BCUT2D eigenvalue weighted by Gasteiger charge is -2.21. The smallest absolute Gasteiger partial charge is 0.322 e. The summed E-state index contributed by atoms with van der Waals surface area (Å²) in [4.78, 5) is 37.3. The molecule has 1 aromatic carbocycles. The lowest BCUT2D eigenvalue weighted by molar-refractivity contribution is -0.132. The summed E-state index contributed by atoms with van der Waals surface area (Å²) in [5.41, 5.74) is -0.838. The molecule has 3 atom stereocenters. The van der Waals surface area contributed by atoms with E-state index in [0.29, 0.717) is 19.4 Å². The molecule has 1 aromatic rings. The molecule has 2 saturated heterocycles. The number of carbonyl (C=O) groups is 3. The van der Waals surface area contributed by atoms with Gasteiger partial charge in [-0.1, -0.05) is 0 Å². The predicted molar refractivity (Wildman–Crippen MR) is 77.8 cm³/mol. The van der Waals surface area contributed by atoms with Gasteiger partial charge in [-0.25, -0.2) is 13.6 Å². The van der Waals surface area contributed by atoms with Gasteiger partial charge in [0.2, 0.25) is 5.91 Å². The Morgan fingerprint density at radius 3 is 2.79 bits per heavy atom. The van der Waals surface area contributed by atoms with Crippen LogP contribution in [0.25, 0.3) is 0 Å². The van der Waals surface area contributed by atoms with E-state index in [1.165, 1.54) is 4.90 Å². The van der Waals surface area contributed by atoms with Gasteiger partial charge in [0.15, 0.2) is 0 Å². The molecule has 4 rings (SSSR count).